The maximum atomic E-state index is 10.6. The van der Waals surface area contributed by atoms with Crippen molar-refractivity contribution in [2.45, 2.75) is 25.7 Å². The molecule has 0 aliphatic rings. The third kappa shape index (κ3) is 31.2. The Morgan fingerprint density at radius 2 is 0.696 bits per heavy atom. The minimum Gasteiger partial charge on any atom is -0.491 e. The molecule has 0 saturated carbocycles. The monoisotopic (exact) mass is 680 g/mol. The first kappa shape index (κ1) is 42.6. The van der Waals surface area contributed by atoms with Gasteiger partial charge in [0.05, 0.1) is 126 Å². The summed E-state index contributed by atoms with van der Waals surface area (Å²) in [6.07, 6.45) is 5.29. The molecule has 0 atom stereocenters. The van der Waals surface area contributed by atoms with Crippen LogP contribution >= 0.6 is 11.6 Å². The molecule has 0 unspecified atom stereocenters. The number of carbonyl (C=O) groups is 1. The Hall–Kier alpha value is -1.42. The zero-order valence-corrected chi connectivity index (χ0v) is 28.3. The van der Waals surface area contributed by atoms with Gasteiger partial charge in [0.15, 0.2) is 0 Å². The van der Waals surface area contributed by atoms with Gasteiger partial charge in [-0.2, -0.15) is 0 Å². The first-order valence-corrected chi connectivity index (χ1v) is 16.9. The summed E-state index contributed by atoms with van der Waals surface area (Å²) in [7, 11) is 0. The number of aldehydes is 1. The van der Waals surface area contributed by atoms with Crippen LogP contribution in [0.1, 0.15) is 36.0 Å². The molecule has 0 spiro atoms. The van der Waals surface area contributed by atoms with Crippen molar-refractivity contribution in [2.24, 2.45) is 0 Å². The number of ether oxygens (including phenoxy) is 11. The first-order chi connectivity index (χ1) is 22.9. The van der Waals surface area contributed by atoms with Crippen LogP contribution in [0.5, 0.6) is 5.75 Å². The van der Waals surface area contributed by atoms with Gasteiger partial charge in [0.1, 0.15) is 18.6 Å². The summed E-state index contributed by atoms with van der Waals surface area (Å²) in [6.45, 7) is 11.0. The van der Waals surface area contributed by atoms with Crippen LogP contribution < -0.4 is 4.74 Å². The lowest BCUT2D eigenvalue weighted by atomic mass is 10.2. The van der Waals surface area contributed by atoms with E-state index in [-0.39, 0.29) is 0 Å². The second-order valence-electron chi connectivity index (χ2n) is 9.76. The molecule has 0 fully saturated rings. The number of unbranched alkanes of at least 4 members (excludes halogenated alkanes) is 3. The molecule has 1 rings (SSSR count). The third-order valence-corrected chi connectivity index (χ3v) is 6.30. The molecule has 12 nitrogen and oxygen atoms in total. The summed E-state index contributed by atoms with van der Waals surface area (Å²) in [5, 5.41) is 0. The predicted molar refractivity (Wildman–Crippen MR) is 175 cm³/mol. The molecule has 0 aliphatic carbocycles. The third-order valence-electron chi connectivity index (χ3n) is 6.03. The lowest BCUT2D eigenvalue weighted by Crippen LogP contribution is -2.15. The van der Waals surface area contributed by atoms with E-state index in [0.29, 0.717) is 143 Å². The molecular formula is C33H57ClO12. The highest BCUT2D eigenvalue weighted by atomic mass is 35.5. The largest absolute Gasteiger partial charge is 0.491 e. The van der Waals surface area contributed by atoms with Crippen LogP contribution in [0.4, 0.5) is 0 Å². The number of rotatable bonds is 38. The number of hydrogen-bond donors (Lipinski definition) is 0. The molecule has 0 radical (unpaired) electrons. The zero-order chi connectivity index (χ0) is 32.9. The van der Waals surface area contributed by atoms with Crippen LogP contribution in [-0.4, -0.2) is 151 Å². The Labute approximate surface area is 280 Å². The number of halogens is 1. The van der Waals surface area contributed by atoms with Gasteiger partial charge in [-0.3, -0.25) is 4.79 Å². The van der Waals surface area contributed by atoms with Gasteiger partial charge in [0.25, 0.3) is 0 Å². The van der Waals surface area contributed by atoms with Gasteiger partial charge < -0.3 is 52.1 Å². The van der Waals surface area contributed by atoms with E-state index < -0.39 is 0 Å². The summed E-state index contributed by atoms with van der Waals surface area (Å²) >= 11 is 5.65. The van der Waals surface area contributed by atoms with Gasteiger partial charge in [-0.15, -0.1) is 11.6 Å². The second-order valence-corrected chi connectivity index (χ2v) is 10.1. The fourth-order valence-electron chi connectivity index (χ4n) is 3.59. The second kappa shape index (κ2) is 36.4. The van der Waals surface area contributed by atoms with E-state index in [2.05, 4.69) is 0 Å². The Bertz CT molecular complexity index is 744. The molecule has 0 saturated heterocycles. The van der Waals surface area contributed by atoms with Crippen molar-refractivity contribution in [1.29, 1.82) is 0 Å². The van der Waals surface area contributed by atoms with Gasteiger partial charge >= 0.3 is 0 Å². The Kier molecular flexibility index (Phi) is 33.7. The fraction of sp³-hybridized carbons (Fsp3) is 0.788. The lowest BCUT2D eigenvalue weighted by Gasteiger charge is -2.09. The Balaban J connectivity index is 1.63. The average Bonchev–Trinajstić information content (AvgIpc) is 3.08. The molecule has 268 valence electrons. The van der Waals surface area contributed by atoms with Crippen molar-refractivity contribution in [1.82, 2.24) is 0 Å². The number of carbonyl (C=O) groups excluding carboxylic acids is 1. The SMILES string of the molecule is O=Cc1ccc(OCCOCCOCCOCCOCCOCCOCCOCCOCCOCCOCCCCCCCl)cc1. The van der Waals surface area contributed by atoms with Crippen molar-refractivity contribution in [3.8, 4) is 5.75 Å². The molecule has 0 bridgehead atoms. The van der Waals surface area contributed by atoms with Gasteiger partial charge in [-0.25, -0.2) is 0 Å². The van der Waals surface area contributed by atoms with Gasteiger partial charge in [-0.1, -0.05) is 12.8 Å². The van der Waals surface area contributed by atoms with Crippen molar-refractivity contribution in [3.05, 3.63) is 29.8 Å². The Morgan fingerprint density at radius 1 is 0.391 bits per heavy atom. The van der Waals surface area contributed by atoms with E-state index in [4.69, 9.17) is 63.7 Å². The highest BCUT2D eigenvalue weighted by molar-refractivity contribution is 6.17. The fourth-order valence-corrected chi connectivity index (χ4v) is 3.78. The van der Waals surface area contributed by atoms with Crippen molar-refractivity contribution >= 4 is 17.9 Å². The molecular weight excluding hydrogens is 624 g/mol. The minimum atomic E-state index is 0.432. The lowest BCUT2D eigenvalue weighted by molar-refractivity contribution is -0.0267. The van der Waals surface area contributed by atoms with Crippen molar-refractivity contribution < 1.29 is 56.9 Å². The molecule has 1 aromatic carbocycles. The van der Waals surface area contributed by atoms with Crippen molar-refractivity contribution in [2.75, 3.05) is 145 Å². The van der Waals surface area contributed by atoms with Crippen LogP contribution in [0.15, 0.2) is 24.3 Å². The summed E-state index contributed by atoms with van der Waals surface area (Å²) < 4.78 is 60.3. The number of alkyl halides is 1. The topological polar surface area (TPSA) is 119 Å². The quantitative estimate of drug-likeness (QED) is 0.0574. The molecule has 0 aliphatic heterocycles. The van der Waals surface area contributed by atoms with Crippen LogP contribution in [0.2, 0.25) is 0 Å². The van der Waals surface area contributed by atoms with Crippen LogP contribution in [0.25, 0.3) is 0 Å². The molecule has 0 N–H and O–H groups in total. The van der Waals surface area contributed by atoms with Crippen LogP contribution in [0.3, 0.4) is 0 Å². The molecule has 0 aromatic heterocycles. The smallest absolute Gasteiger partial charge is 0.150 e. The summed E-state index contributed by atoms with van der Waals surface area (Å²) in [5.74, 6) is 1.45. The highest BCUT2D eigenvalue weighted by Crippen LogP contribution is 2.10. The Morgan fingerprint density at radius 3 is 1.02 bits per heavy atom. The molecule has 13 heteroatoms. The van der Waals surface area contributed by atoms with Gasteiger partial charge in [0.2, 0.25) is 0 Å². The normalized spacial score (nSPS) is 11.3. The van der Waals surface area contributed by atoms with Crippen LogP contribution in [-0.2, 0) is 47.4 Å². The first-order valence-electron chi connectivity index (χ1n) is 16.4. The summed E-state index contributed by atoms with van der Waals surface area (Å²) in [5.41, 5.74) is 0.619. The molecule has 0 heterocycles. The van der Waals surface area contributed by atoms with Gasteiger partial charge in [0, 0.05) is 18.1 Å². The van der Waals surface area contributed by atoms with Crippen molar-refractivity contribution in [3.63, 3.8) is 0 Å². The van der Waals surface area contributed by atoms with E-state index in [1.54, 1.807) is 24.3 Å². The van der Waals surface area contributed by atoms with E-state index in [1.165, 1.54) is 12.8 Å². The van der Waals surface area contributed by atoms with Crippen LogP contribution in [0, 0.1) is 0 Å². The molecule has 0 amide bonds. The number of hydrogen-bond acceptors (Lipinski definition) is 12. The summed E-state index contributed by atoms with van der Waals surface area (Å²) in [6, 6.07) is 6.94. The minimum absolute atomic E-state index is 0.432. The molecule has 46 heavy (non-hydrogen) atoms. The highest BCUT2D eigenvalue weighted by Gasteiger charge is 1.98. The van der Waals surface area contributed by atoms with E-state index >= 15 is 0 Å². The maximum Gasteiger partial charge on any atom is 0.150 e. The number of benzene rings is 1. The van der Waals surface area contributed by atoms with E-state index in [0.717, 1.165) is 31.6 Å². The zero-order valence-electron chi connectivity index (χ0n) is 27.5. The summed E-state index contributed by atoms with van der Waals surface area (Å²) in [4.78, 5) is 10.6. The maximum absolute atomic E-state index is 10.6. The molecule has 1 aromatic rings. The standard InChI is InChI=1S/C33H57ClO12/c34-9-3-1-2-4-10-36-11-12-37-13-14-38-15-16-39-17-18-40-19-20-41-21-22-42-23-24-43-25-26-44-27-28-45-29-30-46-33-7-5-32(31-35)6-8-33/h5-8,31H,1-4,9-30H2. The van der Waals surface area contributed by atoms with E-state index in [9.17, 15) is 4.79 Å². The predicted octanol–water partition coefficient (Wildman–Crippen LogP) is 3.84. The van der Waals surface area contributed by atoms with E-state index in [1.807, 2.05) is 0 Å². The average molecular weight is 681 g/mol. The van der Waals surface area contributed by atoms with Gasteiger partial charge in [-0.05, 0) is 37.1 Å².